The van der Waals surface area contributed by atoms with Crippen molar-refractivity contribution in [2.75, 3.05) is 26.7 Å². The van der Waals surface area contributed by atoms with E-state index in [0.29, 0.717) is 4.90 Å². The molecule has 2 aromatic rings. The van der Waals surface area contributed by atoms with Gasteiger partial charge in [-0.15, -0.1) is 0 Å². The summed E-state index contributed by atoms with van der Waals surface area (Å²) in [6.07, 6.45) is -1.09. The van der Waals surface area contributed by atoms with Crippen molar-refractivity contribution in [3.63, 3.8) is 0 Å². The number of nitrogens with one attached hydrogen (secondary N) is 1. The lowest BCUT2D eigenvalue weighted by Gasteiger charge is -2.22. The Morgan fingerprint density at radius 3 is 2.13 bits per heavy atom. The Kier molecular flexibility index (Phi) is 6.00. The maximum Gasteiger partial charge on any atom is 0.407 e. The van der Waals surface area contributed by atoms with Crippen molar-refractivity contribution in [2.45, 2.75) is 11.8 Å². The van der Waals surface area contributed by atoms with Crippen LogP contribution in [0.25, 0.3) is 11.1 Å². The molecule has 0 aliphatic heterocycles. The highest BCUT2D eigenvalue weighted by Gasteiger charge is 2.42. The van der Waals surface area contributed by atoms with E-state index < -0.39 is 37.0 Å². The number of aliphatic carboxylic acids is 1. The Balaban J connectivity index is 1.59. The van der Waals surface area contributed by atoms with E-state index in [1.54, 1.807) is 0 Å². The van der Waals surface area contributed by atoms with Gasteiger partial charge < -0.3 is 20.1 Å². The lowest BCUT2D eigenvalue weighted by molar-refractivity contribution is -0.158. The summed E-state index contributed by atoms with van der Waals surface area (Å²) in [7, 11) is 0.942. The number of amides is 2. The summed E-state index contributed by atoms with van der Waals surface area (Å²) in [5, 5.41) is 10.5. The second kappa shape index (κ2) is 8.48. The zero-order chi connectivity index (χ0) is 21.9. The summed E-state index contributed by atoms with van der Waals surface area (Å²) in [6.45, 7) is -2.23. The number of alkyl carbamates (subject to hydrolysis) is 1. The van der Waals surface area contributed by atoms with Crippen LogP contribution in [0.5, 0.6) is 0 Å². The standard InChI is InChI=1S/C21H20F2N2O5/c1-25(10-18(26)27)19(28)21(22,23)12-24-20(29)30-11-17-15-8-4-2-6-13(15)14-7-3-5-9-16(14)17/h2-9,17H,10-12H2,1H3,(H,24,29)(H,26,27). The molecular weight excluding hydrogens is 398 g/mol. The van der Waals surface area contributed by atoms with Crippen LogP contribution < -0.4 is 5.32 Å². The number of halogens is 2. The Bertz CT molecular complexity index is 934. The fourth-order valence-electron chi connectivity index (χ4n) is 3.46. The number of carbonyl (C=O) groups excluding carboxylic acids is 2. The first-order valence-corrected chi connectivity index (χ1v) is 9.14. The highest BCUT2D eigenvalue weighted by Crippen LogP contribution is 2.44. The van der Waals surface area contributed by atoms with Gasteiger partial charge >= 0.3 is 18.0 Å². The summed E-state index contributed by atoms with van der Waals surface area (Å²) in [6, 6.07) is 15.3. The van der Waals surface area contributed by atoms with Crippen molar-refractivity contribution in [1.29, 1.82) is 0 Å². The second-order valence-electron chi connectivity index (χ2n) is 6.94. The number of ether oxygens (including phenoxy) is 1. The van der Waals surface area contributed by atoms with E-state index in [9.17, 15) is 23.2 Å². The minimum atomic E-state index is -3.96. The molecule has 0 saturated heterocycles. The van der Waals surface area contributed by atoms with Gasteiger partial charge in [-0.1, -0.05) is 48.5 Å². The van der Waals surface area contributed by atoms with Gasteiger partial charge in [-0.3, -0.25) is 9.59 Å². The van der Waals surface area contributed by atoms with Crippen molar-refractivity contribution >= 4 is 18.0 Å². The monoisotopic (exact) mass is 418 g/mol. The van der Waals surface area contributed by atoms with Gasteiger partial charge in [0.25, 0.3) is 5.91 Å². The van der Waals surface area contributed by atoms with Crippen LogP contribution in [0.1, 0.15) is 17.0 Å². The van der Waals surface area contributed by atoms with E-state index >= 15 is 0 Å². The zero-order valence-corrected chi connectivity index (χ0v) is 16.1. The van der Waals surface area contributed by atoms with Crippen LogP contribution in [0, 0.1) is 0 Å². The fourth-order valence-corrected chi connectivity index (χ4v) is 3.46. The molecule has 158 valence electrons. The Morgan fingerprint density at radius 1 is 1.07 bits per heavy atom. The molecule has 3 rings (SSSR count). The van der Waals surface area contributed by atoms with Crippen LogP contribution in [-0.4, -0.2) is 60.6 Å². The fraction of sp³-hybridized carbons (Fsp3) is 0.286. The topological polar surface area (TPSA) is 95.9 Å². The van der Waals surface area contributed by atoms with Crippen LogP contribution in [0.4, 0.5) is 13.6 Å². The number of carboxylic acid groups (broad SMARTS) is 1. The summed E-state index contributed by atoms with van der Waals surface area (Å²) >= 11 is 0. The van der Waals surface area contributed by atoms with Crippen LogP contribution in [0.2, 0.25) is 0 Å². The largest absolute Gasteiger partial charge is 0.480 e. The molecule has 7 nitrogen and oxygen atoms in total. The summed E-state index contributed by atoms with van der Waals surface area (Å²) < 4.78 is 33.1. The molecule has 0 aromatic heterocycles. The third-order valence-electron chi connectivity index (χ3n) is 4.83. The van der Waals surface area contributed by atoms with Gasteiger partial charge in [-0.2, -0.15) is 8.78 Å². The summed E-state index contributed by atoms with van der Waals surface area (Å²) in [5.74, 6) is -7.32. The first-order valence-electron chi connectivity index (χ1n) is 9.14. The van der Waals surface area contributed by atoms with Gasteiger partial charge in [0.1, 0.15) is 13.2 Å². The number of hydrogen-bond acceptors (Lipinski definition) is 4. The minimum Gasteiger partial charge on any atom is -0.480 e. The van der Waals surface area contributed by atoms with Crippen LogP contribution in [0.15, 0.2) is 48.5 Å². The molecule has 0 spiro atoms. The number of likely N-dealkylation sites (N-methyl/N-ethyl adjacent to an activating group) is 1. The SMILES string of the molecule is CN(CC(=O)O)C(=O)C(F)(F)CNC(=O)OCC1c2ccccc2-c2ccccc21. The third-order valence-corrected chi connectivity index (χ3v) is 4.83. The van der Waals surface area contributed by atoms with Crippen molar-refractivity contribution in [2.24, 2.45) is 0 Å². The third kappa shape index (κ3) is 4.40. The van der Waals surface area contributed by atoms with Crippen LogP contribution >= 0.6 is 0 Å². The van der Waals surface area contributed by atoms with E-state index in [2.05, 4.69) is 0 Å². The molecule has 30 heavy (non-hydrogen) atoms. The van der Waals surface area contributed by atoms with Gasteiger partial charge in [-0.05, 0) is 22.3 Å². The number of carboxylic acids is 1. The molecule has 0 atom stereocenters. The molecule has 2 N–H and O–H groups in total. The molecule has 0 unspecified atom stereocenters. The maximum absolute atomic E-state index is 14.0. The highest BCUT2D eigenvalue weighted by atomic mass is 19.3. The number of nitrogens with zero attached hydrogens (tertiary/aromatic N) is 1. The van der Waals surface area contributed by atoms with E-state index in [-0.39, 0.29) is 12.5 Å². The average molecular weight is 418 g/mol. The molecule has 0 fully saturated rings. The number of benzene rings is 2. The van der Waals surface area contributed by atoms with E-state index in [1.807, 2.05) is 53.8 Å². The number of fused-ring (bicyclic) bond motifs is 3. The molecule has 0 bridgehead atoms. The highest BCUT2D eigenvalue weighted by molar-refractivity contribution is 5.87. The summed E-state index contributed by atoms with van der Waals surface area (Å²) in [4.78, 5) is 34.6. The molecular formula is C21H20F2N2O5. The molecule has 2 aromatic carbocycles. The molecule has 2 amide bonds. The molecule has 9 heteroatoms. The van der Waals surface area contributed by atoms with E-state index in [4.69, 9.17) is 9.84 Å². The van der Waals surface area contributed by atoms with Crippen molar-refractivity contribution in [3.05, 3.63) is 59.7 Å². The molecule has 0 heterocycles. The number of rotatable bonds is 7. The van der Waals surface area contributed by atoms with Crippen molar-refractivity contribution < 1.29 is 33.0 Å². The Labute approximate surface area is 171 Å². The second-order valence-corrected chi connectivity index (χ2v) is 6.94. The predicted octanol–water partition coefficient (Wildman–Crippen LogP) is 2.70. The number of hydrogen-bond donors (Lipinski definition) is 2. The normalized spacial score (nSPS) is 12.6. The predicted molar refractivity (Wildman–Crippen MR) is 103 cm³/mol. The van der Waals surface area contributed by atoms with Gasteiger partial charge in [0.15, 0.2) is 0 Å². The van der Waals surface area contributed by atoms with Crippen LogP contribution in [0.3, 0.4) is 0 Å². The smallest absolute Gasteiger partial charge is 0.407 e. The van der Waals surface area contributed by atoms with Gasteiger partial charge in [0, 0.05) is 13.0 Å². The van der Waals surface area contributed by atoms with Gasteiger partial charge in [0.05, 0.1) is 6.54 Å². The quantitative estimate of drug-likeness (QED) is 0.721. The molecule has 1 aliphatic rings. The number of alkyl halides is 2. The lowest BCUT2D eigenvalue weighted by atomic mass is 9.98. The first kappa shape index (κ1) is 21.2. The average Bonchev–Trinajstić information content (AvgIpc) is 3.03. The zero-order valence-electron chi connectivity index (χ0n) is 16.1. The van der Waals surface area contributed by atoms with Gasteiger partial charge in [-0.25, -0.2) is 4.79 Å². The molecule has 0 saturated carbocycles. The summed E-state index contributed by atoms with van der Waals surface area (Å²) in [5.41, 5.74) is 4.01. The van der Waals surface area contributed by atoms with E-state index in [1.165, 1.54) is 0 Å². The van der Waals surface area contributed by atoms with E-state index in [0.717, 1.165) is 29.3 Å². The maximum atomic E-state index is 14.0. The Morgan fingerprint density at radius 2 is 1.60 bits per heavy atom. The minimum absolute atomic E-state index is 0.0572. The Hall–Kier alpha value is -3.49. The van der Waals surface area contributed by atoms with Crippen molar-refractivity contribution in [1.82, 2.24) is 10.2 Å². The molecule has 1 aliphatic carbocycles. The van der Waals surface area contributed by atoms with Gasteiger partial charge in [0.2, 0.25) is 0 Å². The van der Waals surface area contributed by atoms with Crippen molar-refractivity contribution in [3.8, 4) is 11.1 Å². The molecule has 0 radical (unpaired) electrons. The first-order chi connectivity index (χ1) is 14.2. The van der Waals surface area contributed by atoms with Crippen LogP contribution in [-0.2, 0) is 14.3 Å². The number of carbonyl (C=O) groups is 3. The lowest BCUT2D eigenvalue weighted by Crippen LogP contribution is -2.49.